The van der Waals surface area contributed by atoms with Gasteiger partial charge in [0.15, 0.2) is 0 Å². The number of benzene rings is 1. The quantitative estimate of drug-likeness (QED) is 0.590. The molecule has 0 aliphatic heterocycles. The van der Waals surface area contributed by atoms with Crippen LogP contribution in [0.1, 0.15) is 11.1 Å². The zero-order valence-electron chi connectivity index (χ0n) is 8.42. The van der Waals surface area contributed by atoms with E-state index in [1.165, 1.54) is 5.56 Å². The van der Waals surface area contributed by atoms with Crippen LogP contribution in [0.5, 0.6) is 0 Å². The van der Waals surface area contributed by atoms with Gasteiger partial charge in [-0.3, -0.25) is 0 Å². The fraction of sp³-hybridized carbons (Fsp3) is 0.400. The molecule has 0 aliphatic carbocycles. The number of alkyl halides is 1. The molecular weight excluding hydrogens is 235 g/mol. The second kappa shape index (κ2) is 6.60. The van der Waals surface area contributed by atoms with E-state index in [1.807, 2.05) is 12.1 Å². The molecule has 0 saturated heterocycles. The summed E-state index contributed by atoms with van der Waals surface area (Å²) in [5, 5.41) is 0. The van der Waals surface area contributed by atoms with Gasteiger partial charge in [-0.25, -0.2) is 0 Å². The van der Waals surface area contributed by atoms with Crippen LogP contribution in [0.3, 0.4) is 0 Å². The standard InChI is InChI=1S/C8H8Cl.2CH3O.Ti/c1-7-2-4-8(6-9)5-3-7;2*1-2;/h2-5H,1,6H2;2*1H3;/q;2*-1;+2. The Balaban J connectivity index is 2.58. The Bertz CT molecular complexity index is 259. The minimum absolute atomic E-state index is 0.567. The topological polar surface area (TPSA) is 18.5 Å². The second-order valence-electron chi connectivity index (χ2n) is 2.91. The van der Waals surface area contributed by atoms with E-state index < -0.39 is 18.6 Å². The van der Waals surface area contributed by atoms with E-state index in [0.717, 1.165) is 10.3 Å². The Morgan fingerprint density at radius 3 is 2.00 bits per heavy atom. The molecule has 1 aromatic carbocycles. The van der Waals surface area contributed by atoms with Gasteiger partial charge in [0.25, 0.3) is 0 Å². The van der Waals surface area contributed by atoms with Gasteiger partial charge < -0.3 is 0 Å². The van der Waals surface area contributed by atoms with Crippen molar-refractivity contribution in [2.45, 2.75) is 10.6 Å². The summed E-state index contributed by atoms with van der Waals surface area (Å²) in [6.07, 6.45) is 0. The van der Waals surface area contributed by atoms with Crippen LogP contribution in [-0.4, -0.2) is 14.2 Å². The Kier molecular flexibility index (Phi) is 5.75. The van der Waals surface area contributed by atoms with Gasteiger partial charge in [-0.05, 0) is 0 Å². The molecule has 0 N–H and O–H groups in total. The summed E-state index contributed by atoms with van der Waals surface area (Å²) in [6, 6.07) is 8.26. The van der Waals surface area contributed by atoms with Crippen LogP contribution in [0.25, 0.3) is 0 Å². The Hall–Kier alpha value is 0.144. The van der Waals surface area contributed by atoms with Crippen LogP contribution in [0.15, 0.2) is 24.3 Å². The Morgan fingerprint density at radius 1 is 1.07 bits per heavy atom. The van der Waals surface area contributed by atoms with Crippen molar-refractivity contribution in [1.82, 2.24) is 0 Å². The second-order valence-corrected chi connectivity index (χ2v) is 6.16. The van der Waals surface area contributed by atoms with Crippen molar-refractivity contribution in [3.63, 3.8) is 0 Å². The predicted molar refractivity (Wildman–Crippen MR) is 53.7 cm³/mol. The molecule has 0 fully saturated rings. The molecule has 14 heavy (non-hydrogen) atoms. The summed E-state index contributed by atoms with van der Waals surface area (Å²) in [6.45, 7) is 0. The van der Waals surface area contributed by atoms with Gasteiger partial charge >= 0.3 is 97.1 Å². The average molecular weight is 250 g/mol. The Labute approximate surface area is 97.0 Å². The predicted octanol–water partition coefficient (Wildman–Crippen LogP) is 2.67. The first-order chi connectivity index (χ1) is 6.80. The van der Waals surface area contributed by atoms with Crippen molar-refractivity contribution in [3.05, 3.63) is 35.4 Å². The van der Waals surface area contributed by atoms with Crippen molar-refractivity contribution in [3.8, 4) is 0 Å². The van der Waals surface area contributed by atoms with Crippen LogP contribution in [0.4, 0.5) is 0 Å². The monoisotopic (exact) mass is 249 g/mol. The molecule has 2 nitrogen and oxygen atoms in total. The van der Waals surface area contributed by atoms with Gasteiger partial charge in [0.1, 0.15) is 0 Å². The molecule has 0 aromatic heterocycles. The summed E-state index contributed by atoms with van der Waals surface area (Å²) in [5.74, 6) is 0.567. The van der Waals surface area contributed by atoms with E-state index in [0.29, 0.717) is 5.88 Å². The van der Waals surface area contributed by atoms with Gasteiger partial charge in [-0.2, -0.15) is 0 Å². The van der Waals surface area contributed by atoms with Crippen molar-refractivity contribution in [1.29, 1.82) is 0 Å². The van der Waals surface area contributed by atoms with Gasteiger partial charge in [0.2, 0.25) is 0 Å². The number of rotatable bonds is 5. The SMILES string of the molecule is C[O][Ti]([CH2]c1ccc(CCl)cc1)[O]C. The summed E-state index contributed by atoms with van der Waals surface area (Å²) in [7, 11) is 3.43. The van der Waals surface area contributed by atoms with Crippen LogP contribution in [0, 0.1) is 0 Å². The Morgan fingerprint density at radius 2 is 1.57 bits per heavy atom. The molecule has 0 amide bonds. The zero-order valence-corrected chi connectivity index (χ0v) is 10.7. The van der Waals surface area contributed by atoms with E-state index in [2.05, 4.69) is 12.1 Å². The molecule has 0 radical (unpaired) electrons. The first-order valence-electron chi connectivity index (χ1n) is 4.37. The van der Waals surface area contributed by atoms with Crippen molar-refractivity contribution in [2.24, 2.45) is 0 Å². The van der Waals surface area contributed by atoms with E-state index in [9.17, 15) is 0 Å². The van der Waals surface area contributed by atoms with E-state index in [-0.39, 0.29) is 0 Å². The van der Waals surface area contributed by atoms with E-state index in [1.54, 1.807) is 14.2 Å². The third kappa shape index (κ3) is 3.72. The molecule has 0 saturated carbocycles. The molecule has 0 atom stereocenters. The molecular formula is C10H14ClO2Ti. The first-order valence-corrected chi connectivity index (χ1v) is 7.29. The average Bonchev–Trinajstić information content (AvgIpc) is 2.26. The van der Waals surface area contributed by atoms with Gasteiger partial charge in [-0.1, -0.05) is 0 Å². The molecule has 0 bridgehead atoms. The maximum atomic E-state index is 5.70. The van der Waals surface area contributed by atoms with Crippen molar-refractivity contribution < 1.29 is 25.3 Å². The number of hydrogen-bond acceptors (Lipinski definition) is 2. The van der Waals surface area contributed by atoms with Crippen molar-refractivity contribution >= 4 is 11.6 Å². The minimum atomic E-state index is -1.74. The number of hydrogen-bond donors (Lipinski definition) is 0. The summed E-state index contributed by atoms with van der Waals surface area (Å²) >= 11 is 3.96. The maximum absolute atomic E-state index is 5.70. The molecule has 4 heteroatoms. The van der Waals surface area contributed by atoms with Gasteiger partial charge in [0.05, 0.1) is 0 Å². The van der Waals surface area contributed by atoms with Gasteiger partial charge in [-0.15, -0.1) is 0 Å². The molecule has 1 rings (SSSR count). The molecule has 0 spiro atoms. The van der Waals surface area contributed by atoms with Crippen LogP contribution < -0.4 is 0 Å². The third-order valence-electron chi connectivity index (χ3n) is 1.98. The van der Waals surface area contributed by atoms with Crippen LogP contribution in [0.2, 0.25) is 0 Å². The van der Waals surface area contributed by atoms with Gasteiger partial charge in [0, 0.05) is 0 Å². The zero-order chi connectivity index (χ0) is 10.4. The van der Waals surface area contributed by atoms with Crippen LogP contribution >= 0.6 is 11.6 Å². The normalized spacial score (nSPS) is 10.2. The summed E-state index contributed by atoms with van der Waals surface area (Å²) in [5.41, 5.74) is 2.41. The van der Waals surface area contributed by atoms with E-state index in [4.69, 9.17) is 18.2 Å². The third-order valence-corrected chi connectivity index (χ3v) is 4.80. The van der Waals surface area contributed by atoms with E-state index >= 15 is 0 Å². The molecule has 77 valence electrons. The molecule has 0 aliphatic rings. The van der Waals surface area contributed by atoms with Crippen LogP contribution in [-0.2, 0) is 35.9 Å². The molecule has 1 aromatic rings. The summed E-state index contributed by atoms with van der Waals surface area (Å²) in [4.78, 5) is 0. The molecule has 0 unspecified atom stereocenters. The van der Waals surface area contributed by atoms with Crippen molar-refractivity contribution in [2.75, 3.05) is 14.2 Å². The fourth-order valence-electron chi connectivity index (χ4n) is 1.14. The fourth-order valence-corrected chi connectivity index (χ4v) is 2.92. The summed E-state index contributed by atoms with van der Waals surface area (Å²) < 4.78 is 11.5. The number of halogens is 1. The first kappa shape index (κ1) is 12.2. The molecule has 0 heterocycles.